The summed E-state index contributed by atoms with van der Waals surface area (Å²) in [5, 5.41) is 10.4. The highest BCUT2D eigenvalue weighted by Crippen LogP contribution is 2.24. The first-order chi connectivity index (χ1) is 6.07. The van der Waals surface area contributed by atoms with E-state index in [4.69, 9.17) is 0 Å². The second-order valence-corrected chi connectivity index (χ2v) is 2.29. The van der Waals surface area contributed by atoms with E-state index in [9.17, 15) is 19.7 Å². The number of hydrogen-bond acceptors (Lipinski definition) is 5. The van der Waals surface area contributed by atoms with E-state index in [-0.39, 0.29) is 11.8 Å². The van der Waals surface area contributed by atoms with Gasteiger partial charge in [0.1, 0.15) is 11.8 Å². The molecule has 68 valence electrons. The molecule has 0 N–H and O–H groups in total. The van der Waals surface area contributed by atoms with E-state index in [2.05, 4.69) is 4.42 Å². The number of rotatable bonds is 3. The number of nitro groups is 1. The molecule has 0 bridgehead atoms. The molecule has 0 atom stereocenters. The second-order valence-electron chi connectivity index (χ2n) is 2.29. The maximum Gasteiger partial charge on any atom is 0.328 e. The van der Waals surface area contributed by atoms with Gasteiger partial charge in [0, 0.05) is 0 Å². The Balaban J connectivity index is 3.38. The van der Waals surface area contributed by atoms with Gasteiger partial charge < -0.3 is 4.42 Å². The molecule has 1 aromatic rings. The third-order valence-corrected chi connectivity index (χ3v) is 1.46. The molecule has 6 nitrogen and oxygen atoms in total. The lowest BCUT2D eigenvalue weighted by molar-refractivity contribution is -0.385. The highest BCUT2D eigenvalue weighted by Gasteiger charge is 2.26. The zero-order valence-corrected chi connectivity index (χ0v) is 6.64. The molecule has 0 aromatic carbocycles. The van der Waals surface area contributed by atoms with Crippen LogP contribution in [-0.4, -0.2) is 17.0 Å². The van der Waals surface area contributed by atoms with Gasteiger partial charge in [-0.3, -0.25) is 19.7 Å². The van der Waals surface area contributed by atoms with Crippen LogP contribution in [0.3, 0.4) is 0 Å². The zero-order valence-electron chi connectivity index (χ0n) is 6.64. The summed E-state index contributed by atoms with van der Waals surface area (Å²) < 4.78 is 4.54. The highest BCUT2D eigenvalue weighted by molar-refractivity contribution is 6.00. The molecule has 1 heterocycles. The number of hydrogen-bond donors (Lipinski definition) is 0. The van der Waals surface area contributed by atoms with E-state index in [1.807, 2.05) is 0 Å². The highest BCUT2D eigenvalue weighted by atomic mass is 16.6. The van der Waals surface area contributed by atoms with Crippen molar-refractivity contribution in [2.45, 2.75) is 6.92 Å². The molecular formula is C7H5NO5. The molecule has 0 spiro atoms. The Morgan fingerprint density at radius 3 is 2.69 bits per heavy atom. The molecule has 6 heteroatoms. The lowest BCUT2D eigenvalue weighted by atomic mass is 10.2. The van der Waals surface area contributed by atoms with Crippen LogP contribution < -0.4 is 0 Å². The van der Waals surface area contributed by atoms with Crippen LogP contribution >= 0.6 is 0 Å². The fourth-order valence-electron chi connectivity index (χ4n) is 0.888. The summed E-state index contributed by atoms with van der Waals surface area (Å²) in [6.45, 7) is 1.16. The predicted octanol–water partition coefficient (Wildman–Crippen LogP) is 1.20. The van der Waals surface area contributed by atoms with Gasteiger partial charge in [0.15, 0.2) is 12.1 Å². The minimum atomic E-state index is -0.816. The van der Waals surface area contributed by atoms with Crippen molar-refractivity contribution in [3.05, 3.63) is 27.7 Å². The van der Waals surface area contributed by atoms with Crippen molar-refractivity contribution in [2.24, 2.45) is 0 Å². The van der Waals surface area contributed by atoms with Crippen LogP contribution in [0.15, 0.2) is 10.7 Å². The third kappa shape index (κ3) is 1.46. The van der Waals surface area contributed by atoms with Crippen molar-refractivity contribution in [1.29, 1.82) is 0 Å². The van der Waals surface area contributed by atoms with Crippen molar-refractivity contribution in [2.75, 3.05) is 0 Å². The summed E-state index contributed by atoms with van der Waals surface area (Å²) in [7, 11) is 0. The lowest BCUT2D eigenvalue weighted by Crippen LogP contribution is -1.98. The zero-order chi connectivity index (χ0) is 10.0. The monoisotopic (exact) mass is 183 g/mol. The van der Waals surface area contributed by atoms with Crippen molar-refractivity contribution < 1.29 is 18.9 Å². The number of furan rings is 1. The molecule has 0 aliphatic rings. The number of carbonyl (C=O) groups excluding carboxylic acids is 2. The van der Waals surface area contributed by atoms with Gasteiger partial charge in [0.2, 0.25) is 5.76 Å². The topological polar surface area (TPSA) is 90.4 Å². The molecular weight excluding hydrogens is 178 g/mol. The molecule has 1 aromatic heterocycles. The minimum Gasteiger partial charge on any atom is -0.454 e. The average molecular weight is 183 g/mol. The quantitative estimate of drug-likeness (QED) is 0.304. The Kier molecular flexibility index (Phi) is 2.23. The van der Waals surface area contributed by atoms with Crippen LogP contribution in [0.4, 0.5) is 5.69 Å². The SMILES string of the molecule is CC(=O)c1coc(C=O)c1[N+](=O)[O-]. The van der Waals surface area contributed by atoms with Gasteiger partial charge >= 0.3 is 5.69 Å². The van der Waals surface area contributed by atoms with Gasteiger partial charge in [0.25, 0.3) is 0 Å². The predicted molar refractivity (Wildman–Crippen MR) is 40.8 cm³/mol. The number of Topliss-reactive ketones (excluding diaryl/α,β-unsaturated/α-hetero) is 1. The fraction of sp³-hybridized carbons (Fsp3) is 0.143. The Morgan fingerprint density at radius 1 is 1.69 bits per heavy atom. The Hall–Kier alpha value is -1.98. The van der Waals surface area contributed by atoms with Gasteiger partial charge in [-0.2, -0.15) is 0 Å². The average Bonchev–Trinajstić information content (AvgIpc) is 2.46. The van der Waals surface area contributed by atoms with Gasteiger partial charge in [-0.1, -0.05) is 0 Å². The van der Waals surface area contributed by atoms with Crippen molar-refractivity contribution in [3.8, 4) is 0 Å². The van der Waals surface area contributed by atoms with Crippen LogP contribution in [0.1, 0.15) is 27.8 Å². The van der Waals surface area contributed by atoms with E-state index >= 15 is 0 Å². The summed E-state index contributed by atoms with van der Waals surface area (Å²) >= 11 is 0. The summed E-state index contributed by atoms with van der Waals surface area (Å²) in [5.74, 6) is -0.946. The van der Waals surface area contributed by atoms with Crippen LogP contribution in [0.2, 0.25) is 0 Å². The number of carbonyl (C=O) groups is 2. The van der Waals surface area contributed by atoms with Crippen LogP contribution in [0.5, 0.6) is 0 Å². The molecule has 1 rings (SSSR count). The maximum absolute atomic E-state index is 10.8. The van der Waals surface area contributed by atoms with Gasteiger partial charge in [0.05, 0.1) is 4.92 Å². The second kappa shape index (κ2) is 3.18. The maximum atomic E-state index is 10.8. The standard InChI is InChI=1S/C7H5NO5/c1-4(10)5-3-13-6(2-9)7(5)8(11)12/h2-3H,1H3. The van der Waals surface area contributed by atoms with Gasteiger partial charge in [-0.05, 0) is 6.92 Å². The Bertz CT molecular complexity index is 378. The molecule has 0 saturated carbocycles. The van der Waals surface area contributed by atoms with Crippen molar-refractivity contribution in [3.63, 3.8) is 0 Å². The number of nitrogens with zero attached hydrogens (tertiary/aromatic N) is 1. The molecule has 0 saturated heterocycles. The summed E-state index contributed by atoms with van der Waals surface area (Å²) in [6, 6.07) is 0. The van der Waals surface area contributed by atoms with E-state index in [1.165, 1.54) is 0 Å². The normalized spacial score (nSPS) is 9.62. The molecule has 0 aliphatic heterocycles. The van der Waals surface area contributed by atoms with E-state index in [0.29, 0.717) is 0 Å². The molecule has 0 aliphatic carbocycles. The summed E-state index contributed by atoms with van der Waals surface area (Å²) in [6.07, 6.45) is 1.11. The largest absolute Gasteiger partial charge is 0.454 e. The van der Waals surface area contributed by atoms with Crippen LogP contribution in [0.25, 0.3) is 0 Å². The molecule has 13 heavy (non-hydrogen) atoms. The Morgan fingerprint density at radius 2 is 2.31 bits per heavy atom. The number of aldehydes is 1. The summed E-state index contributed by atoms with van der Waals surface area (Å²) in [5.41, 5.74) is -0.755. The lowest BCUT2D eigenvalue weighted by Gasteiger charge is -1.88. The Labute approximate surface area is 72.3 Å². The summed E-state index contributed by atoms with van der Waals surface area (Å²) in [4.78, 5) is 30.7. The third-order valence-electron chi connectivity index (χ3n) is 1.46. The van der Waals surface area contributed by atoms with Gasteiger partial charge in [-0.15, -0.1) is 0 Å². The first-order valence-electron chi connectivity index (χ1n) is 3.30. The van der Waals surface area contributed by atoms with Crippen molar-refractivity contribution in [1.82, 2.24) is 0 Å². The van der Waals surface area contributed by atoms with Gasteiger partial charge in [-0.25, -0.2) is 0 Å². The van der Waals surface area contributed by atoms with E-state index in [0.717, 1.165) is 13.2 Å². The first kappa shape index (κ1) is 9.11. The molecule has 0 amide bonds. The van der Waals surface area contributed by atoms with Crippen LogP contribution in [-0.2, 0) is 0 Å². The molecule has 0 unspecified atom stereocenters. The van der Waals surface area contributed by atoms with E-state index < -0.39 is 22.2 Å². The first-order valence-corrected chi connectivity index (χ1v) is 3.30. The number of ketones is 1. The molecule has 0 fully saturated rings. The fourth-order valence-corrected chi connectivity index (χ4v) is 0.888. The van der Waals surface area contributed by atoms with Crippen molar-refractivity contribution >= 4 is 17.8 Å². The van der Waals surface area contributed by atoms with Crippen LogP contribution in [0, 0.1) is 10.1 Å². The smallest absolute Gasteiger partial charge is 0.328 e. The molecule has 0 radical (unpaired) electrons. The van der Waals surface area contributed by atoms with E-state index in [1.54, 1.807) is 0 Å². The minimum absolute atomic E-state index is 0.188.